The molecule has 0 saturated carbocycles. The summed E-state index contributed by atoms with van der Waals surface area (Å²) in [6.07, 6.45) is 0.302. The van der Waals surface area contributed by atoms with E-state index in [-0.39, 0.29) is 11.9 Å². The maximum absolute atomic E-state index is 12.2. The number of furan rings is 1. The van der Waals surface area contributed by atoms with Crippen molar-refractivity contribution in [1.29, 1.82) is 5.26 Å². The first-order valence-corrected chi connectivity index (χ1v) is 7.07. The SMILES string of the molecule is Cc1ccc(-c2nc(C(=O)N(C)C(C)CC#N)cs2)o1. The number of aromatic nitrogens is 1. The van der Waals surface area contributed by atoms with Gasteiger partial charge in [0.1, 0.15) is 11.5 Å². The third-order valence-corrected chi connectivity index (χ3v) is 3.90. The molecule has 0 spiro atoms. The summed E-state index contributed by atoms with van der Waals surface area (Å²) in [5.41, 5.74) is 0.381. The Morgan fingerprint density at radius 3 is 2.95 bits per heavy atom. The van der Waals surface area contributed by atoms with Gasteiger partial charge in [-0.1, -0.05) is 0 Å². The average Bonchev–Trinajstić information content (AvgIpc) is 3.05. The van der Waals surface area contributed by atoms with Crippen molar-refractivity contribution in [2.45, 2.75) is 26.3 Å². The third kappa shape index (κ3) is 2.89. The van der Waals surface area contributed by atoms with Gasteiger partial charge in [-0.25, -0.2) is 4.98 Å². The second-order valence-electron chi connectivity index (χ2n) is 4.58. The van der Waals surface area contributed by atoms with Gasteiger partial charge in [-0.2, -0.15) is 5.26 Å². The van der Waals surface area contributed by atoms with Crippen LogP contribution < -0.4 is 0 Å². The highest BCUT2D eigenvalue weighted by Crippen LogP contribution is 2.26. The van der Waals surface area contributed by atoms with Crippen molar-refractivity contribution in [3.8, 4) is 16.8 Å². The van der Waals surface area contributed by atoms with Crippen molar-refractivity contribution >= 4 is 17.2 Å². The molecule has 0 saturated heterocycles. The molecule has 20 heavy (non-hydrogen) atoms. The Balaban J connectivity index is 2.16. The van der Waals surface area contributed by atoms with Crippen molar-refractivity contribution in [3.05, 3.63) is 29.0 Å². The van der Waals surface area contributed by atoms with Gasteiger partial charge in [0.2, 0.25) is 0 Å². The predicted molar refractivity (Wildman–Crippen MR) is 76.3 cm³/mol. The summed E-state index contributed by atoms with van der Waals surface area (Å²) >= 11 is 1.37. The van der Waals surface area contributed by atoms with E-state index < -0.39 is 0 Å². The molecule has 5 nitrogen and oxygen atoms in total. The summed E-state index contributed by atoms with van der Waals surface area (Å²) in [6.45, 7) is 3.70. The van der Waals surface area contributed by atoms with Crippen LogP contribution in [0.25, 0.3) is 10.8 Å². The van der Waals surface area contributed by atoms with E-state index in [2.05, 4.69) is 11.1 Å². The zero-order chi connectivity index (χ0) is 14.7. The maximum atomic E-state index is 12.2. The highest BCUT2D eigenvalue weighted by atomic mass is 32.1. The number of carbonyl (C=O) groups is 1. The molecule has 0 N–H and O–H groups in total. The van der Waals surface area contributed by atoms with Crippen LogP contribution >= 0.6 is 11.3 Å². The van der Waals surface area contributed by atoms with Crippen molar-refractivity contribution in [2.75, 3.05) is 7.05 Å². The van der Waals surface area contributed by atoms with Crippen molar-refractivity contribution in [2.24, 2.45) is 0 Å². The zero-order valence-electron chi connectivity index (χ0n) is 11.6. The van der Waals surface area contributed by atoms with Crippen LogP contribution in [-0.2, 0) is 0 Å². The number of nitriles is 1. The van der Waals surface area contributed by atoms with Gasteiger partial charge < -0.3 is 9.32 Å². The highest BCUT2D eigenvalue weighted by molar-refractivity contribution is 7.13. The second kappa shape index (κ2) is 5.88. The van der Waals surface area contributed by atoms with Crippen LogP contribution in [0.5, 0.6) is 0 Å². The molecule has 1 unspecified atom stereocenters. The van der Waals surface area contributed by atoms with E-state index in [0.29, 0.717) is 22.9 Å². The number of nitrogens with zero attached hydrogens (tertiary/aromatic N) is 3. The molecule has 0 aliphatic carbocycles. The lowest BCUT2D eigenvalue weighted by atomic mass is 10.2. The van der Waals surface area contributed by atoms with Crippen LogP contribution in [0.2, 0.25) is 0 Å². The molecule has 0 aromatic carbocycles. The molecule has 0 fully saturated rings. The molecular weight excluding hydrogens is 274 g/mol. The Labute approximate surface area is 121 Å². The normalized spacial score (nSPS) is 11.9. The number of hydrogen-bond donors (Lipinski definition) is 0. The smallest absolute Gasteiger partial charge is 0.273 e. The number of aryl methyl sites for hydroxylation is 1. The standard InChI is InChI=1S/C14H15N3O2S/c1-9(6-7-15)17(3)14(18)11-8-20-13(16-11)12-5-4-10(2)19-12/h4-5,8-9H,6H2,1-3H3. The summed E-state index contributed by atoms with van der Waals surface area (Å²) in [7, 11) is 1.68. The number of carbonyl (C=O) groups excluding carboxylic acids is 1. The molecule has 104 valence electrons. The van der Waals surface area contributed by atoms with Crippen LogP contribution in [0, 0.1) is 18.3 Å². The minimum atomic E-state index is -0.182. The average molecular weight is 289 g/mol. The summed E-state index contributed by atoms with van der Waals surface area (Å²) < 4.78 is 5.49. The van der Waals surface area contributed by atoms with Gasteiger partial charge in [0.25, 0.3) is 5.91 Å². The number of thiazole rings is 1. The van der Waals surface area contributed by atoms with Gasteiger partial charge in [0.05, 0.1) is 12.5 Å². The van der Waals surface area contributed by atoms with Crippen LogP contribution in [0.15, 0.2) is 21.9 Å². The second-order valence-corrected chi connectivity index (χ2v) is 5.43. The Kier molecular flexibility index (Phi) is 4.20. The number of amides is 1. The largest absolute Gasteiger partial charge is 0.459 e. The Morgan fingerprint density at radius 1 is 1.60 bits per heavy atom. The van der Waals surface area contributed by atoms with E-state index in [0.717, 1.165) is 5.76 Å². The minimum Gasteiger partial charge on any atom is -0.459 e. The fraction of sp³-hybridized carbons (Fsp3) is 0.357. The van der Waals surface area contributed by atoms with E-state index in [9.17, 15) is 4.79 Å². The Bertz CT molecular complexity index is 653. The van der Waals surface area contributed by atoms with Gasteiger partial charge >= 0.3 is 0 Å². The molecule has 2 aromatic heterocycles. The van der Waals surface area contributed by atoms with Crippen molar-refractivity contribution in [3.63, 3.8) is 0 Å². The molecule has 2 heterocycles. The molecule has 1 amide bonds. The van der Waals surface area contributed by atoms with Gasteiger partial charge in [-0.05, 0) is 26.0 Å². The highest BCUT2D eigenvalue weighted by Gasteiger charge is 2.20. The number of hydrogen-bond acceptors (Lipinski definition) is 5. The summed E-state index contributed by atoms with van der Waals surface area (Å²) in [5.74, 6) is 1.29. The quantitative estimate of drug-likeness (QED) is 0.867. The van der Waals surface area contributed by atoms with Gasteiger partial charge in [0, 0.05) is 18.5 Å². The number of rotatable bonds is 4. The monoisotopic (exact) mass is 289 g/mol. The molecule has 0 aliphatic heterocycles. The molecule has 2 aromatic rings. The van der Waals surface area contributed by atoms with Crippen molar-refractivity contribution in [1.82, 2.24) is 9.88 Å². The van der Waals surface area contributed by atoms with E-state index in [1.54, 1.807) is 12.4 Å². The lowest BCUT2D eigenvalue weighted by Gasteiger charge is -2.21. The van der Waals surface area contributed by atoms with E-state index in [1.165, 1.54) is 16.2 Å². The van der Waals surface area contributed by atoms with Crippen LogP contribution in [0.3, 0.4) is 0 Å². The Hall–Kier alpha value is -2.13. The molecule has 0 aliphatic rings. The first-order valence-electron chi connectivity index (χ1n) is 6.19. The van der Waals surface area contributed by atoms with Crippen LogP contribution in [0.1, 0.15) is 29.6 Å². The van der Waals surface area contributed by atoms with E-state index >= 15 is 0 Å². The van der Waals surface area contributed by atoms with Crippen molar-refractivity contribution < 1.29 is 9.21 Å². The van der Waals surface area contributed by atoms with Gasteiger partial charge in [-0.15, -0.1) is 11.3 Å². The topological polar surface area (TPSA) is 70.1 Å². The zero-order valence-corrected chi connectivity index (χ0v) is 12.4. The van der Waals surface area contributed by atoms with Crippen LogP contribution in [0.4, 0.5) is 0 Å². The predicted octanol–water partition coefficient (Wildman–Crippen LogP) is 3.09. The van der Waals surface area contributed by atoms with Gasteiger partial charge in [0.15, 0.2) is 10.8 Å². The maximum Gasteiger partial charge on any atom is 0.273 e. The molecule has 0 bridgehead atoms. The third-order valence-electron chi connectivity index (χ3n) is 3.04. The molecule has 0 radical (unpaired) electrons. The molecule has 1 atom stereocenters. The van der Waals surface area contributed by atoms with E-state index in [4.69, 9.17) is 9.68 Å². The van der Waals surface area contributed by atoms with Gasteiger partial charge in [-0.3, -0.25) is 4.79 Å². The lowest BCUT2D eigenvalue weighted by Crippen LogP contribution is -2.35. The molecule has 6 heteroatoms. The fourth-order valence-corrected chi connectivity index (χ4v) is 2.44. The first kappa shape index (κ1) is 14.3. The summed E-state index contributed by atoms with van der Waals surface area (Å²) in [5, 5.41) is 11.1. The molecule has 2 rings (SSSR count). The summed E-state index contributed by atoms with van der Waals surface area (Å²) in [4.78, 5) is 18.1. The Morgan fingerprint density at radius 2 is 2.35 bits per heavy atom. The first-order chi connectivity index (χ1) is 9.52. The van der Waals surface area contributed by atoms with Crippen LogP contribution in [-0.4, -0.2) is 28.9 Å². The lowest BCUT2D eigenvalue weighted by molar-refractivity contribution is 0.0741. The van der Waals surface area contributed by atoms with E-state index in [1.807, 2.05) is 26.0 Å². The molecular formula is C14H15N3O2S. The minimum absolute atomic E-state index is 0.136. The summed E-state index contributed by atoms with van der Waals surface area (Å²) in [6, 6.07) is 5.62. The fourth-order valence-electron chi connectivity index (χ4n) is 1.68.